The number of amides is 2. The molecule has 2 unspecified atom stereocenters. The van der Waals surface area contributed by atoms with E-state index in [9.17, 15) is 4.79 Å². The molecule has 2 aliphatic heterocycles. The van der Waals surface area contributed by atoms with Crippen LogP contribution in [0.2, 0.25) is 5.02 Å². The van der Waals surface area contributed by atoms with Gasteiger partial charge in [-0.2, -0.15) is 0 Å². The minimum atomic E-state index is -0.294. The van der Waals surface area contributed by atoms with Crippen molar-refractivity contribution in [3.8, 4) is 17.2 Å². The molecule has 2 amide bonds. The van der Waals surface area contributed by atoms with Gasteiger partial charge in [0, 0.05) is 17.2 Å². The van der Waals surface area contributed by atoms with Crippen LogP contribution in [0.4, 0.5) is 10.5 Å². The van der Waals surface area contributed by atoms with Gasteiger partial charge in [-0.1, -0.05) is 23.7 Å². The topological polar surface area (TPSA) is 81.3 Å². The number of piperidine rings is 1. The van der Waals surface area contributed by atoms with Crippen LogP contribution in [0, 0.1) is 5.92 Å². The third kappa shape index (κ3) is 6.31. The highest BCUT2D eigenvalue weighted by molar-refractivity contribution is 6.30. The van der Waals surface area contributed by atoms with Crippen molar-refractivity contribution in [2.75, 3.05) is 52.9 Å². The van der Waals surface area contributed by atoms with Gasteiger partial charge in [0.2, 0.25) is 5.75 Å². The fourth-order valence-electron chi connectivity index (χ4n) is 4.97. The third-order valence-electron chi connectivity index (χ3n) is 6.85. The van der Waals surface area contributed by atoms with Crippen LogP contribution in [-0.2, 0) is 11.2 Å². The zero-order valence-electron chi connectivity index (χ0n) is 20.5. The van der Waals surface area contributed by atoms with E-state index in [1.807, 2.05) is 12.1 Å². The van der Waals surface area contributed by atoms with Gasteiger partial charge in [0.05, 0.1) is 52.3 Å². The number of likely N-dealkylation sites (tertiary alicyclic amines) is 1. The molecule has 2 aromatic carbocycles. The van der Waals surface area contributed by atoms with Crippen molar-refractivity contribution >= 4 is 23.3 Å². The van der Waals surface area contributed by atoms with Gasteiger partial charge in [-0.15, -0.1) is 0 Å². The summed E-state index contributed by atoms with van der Waals surface area (Å²) in [6, 6.07) is 11.4. The van der Waals surface area contributed by atoms with E-state index in [2.05, 4.69) is 27.7 Å². The van der Waals surface area contributed by atoms with Crippen LogP contribution in [-0.4, -0.2) is 70.6 Å². The molecule has 8 nitrogen and oxygen atoms in total. The number of anilines is 1. The zero-order chi connectivity index (χ0) is 24.8. The summed E-state index contributed by atoms with van der Waals surface area (Å²) in [6.45, 7) is 3.12. The van der Waals surface area contributed by atoms with Gasteiger partial charge < -0.3 is 29.6 Å². The predicted octanol–water partition coefficient (Wildman–Crippen LogP) is 4.21. The van der Waals surface area contributed by atoms with Crippen LogP contribution in [0.5, 0.6) is 17.2 Å². The molecule has 0 aromatic heterocycles. The number of hydrogen-bond donors (Lipinski definition) is 2. The van der Waals surface area contributed by atoms with Gasteiger partial charge in [0.1, 0.15) is 0 Å². The molecule has 4 rings (SSSR count). The van der Waals surface area contributed by atoms with Gasteiger partial charge in [-0.3, -0.25) is 4.90 Å². The average molecular weight is 504 g/mol. The molecule has 2 saturated heterocycles. The second kappa shape index (κ2) is 11.8. The van der Waals surface area contributed by atoms with Gasteiger partial charge in [0.15, 0.2) is 11.5 Å². The third-order valence-corrected chi connectivity index (χ3v) is 7.10. The lowest BCUT2D eigenvalue weighted by atomic mass is 9.89. The molecule has 0 spiro atoms. The highest BCUT2D eigenvalue weighted by Crippen LogP contribution is 2.40. The fourth-order valence-corrected chi connectivity index (χ4v) is 5.10. The number of carbonyl (C=O) groups is 1. The first-order chi connectivity index (χ1) is 17.0. The molecule has 2 N–H and O–H groups in total. The highest BCUT2D eigenvalue weighted by atomic mass is 35.5. The van der Waals surface area contributed by atoms with E-state index in [4.69, 9.17) is 30.5 Å². The number of hydrogen-bond acceptors (Lipinski definition) is 6. The molecule has 0 bridgehead atoms. The average Bonchev–Trinajstić information content (AvgIpc) is 3.33. The SMILES string of the molecule is COc1cc(NC(=O)NC2COCC2N2CCC(Cc3ccc(Cl)cc3)CC2)cc(OC)c1OC. The summed E-state index contributed by atoms with van der Waals surface area (Å²) < 4.78 is 21.9. The van der Waals surface area contributed by atoms with Crippen molar-refractivity contribution < 1.29 is 23.7 Å². The van der Waals surface area contributed by atoms with E-state index < -0.39 is 0 Å². The summed E-state index contributed by atoms with van der Waals surface area (Å²) in [6.07, 6.45) is 3.33. The number of ether oxygens (including phenoxy) is 4. The molecule has 190 valence electrons. The first-order valence-electron chi connectivity index (χ1n) is 11.9. The number of urea groups is 1. The van der Waals surface area contributed by atoms with Crippen molar-refractivity contribution in [2.45, 2.75) is 31.3 Å². The quantitative estimate of drug-likeness (QED) is 0.561. The largest absolute Gasteiger partial charge is 0.493 e. The minimum Gasteiger partial charge on any atom is -0.493 e. The van der Waals surface area contributed by atoms with Crippen LogP contribution in [0.25, 0.3) is 0 Å². The summed E-state index contributed by atoms with van der Waals surface area (Å²) in [4.78, 5) is 15.3. The van der Waals surface area contributed by atoms with Gasteiger partial charge in [-0.25, -0.2) is 4.79 Å². The Balaban J connectivity index is 1.31. The summed E-state index contributed by atoms with van der Waals surface area (Å²) in [5.41, 5.74) is 1.88. The van der Waals surface area contributed by atoms with Crippen molar-refractivity contribution in [1.82, 2.24) is 10.2 Å². The van der Waals surface area contributed by atoms with E-state index in [-0.39, 0.29) is 18.1 Å². The number of nitrogens with one attached hydrogen (secondary N) is 2. The predicted molar refractivity (Wildman–Crippen MR) is 136 cm³/mol. The Morgan fingerprint density at radius 3 is 2.29 bits per heavy atom. The molecular formula is C26H34ClN3O5. The molecule has 0 radical (unpaired) electrons. The van der Waals surface area contributed by atoms with Crippen molar-refractivity contribution in [1.29, 1.82) is 0 Å². The number of nitrogens with zero attached hydrogens (tertiary/aromatic N) is 1. The maximum atomic E-state index is 12.8. The number of methoxy groups -OCH3 is 3. The monoisotopic (exact) mass is 503 g/mol. The molecule has 9 heteroatoms. The Labute approximate surface area is 211 Å². The summed E-state index contributed by atoms with van der Waals surface area (Å²) in [5.74, 6) is 2.09. The number of halogens is 1. The Morgan fingerprint density at radius 1 is 1.03 bits per heavy atom. The van der Waals surface area contributed by atoms with Crippen LogP contribution >= 0.6 is 11.6 Å². The lowest BCUT2D eigenvalue weighted by molar-refractivity contribution is 0.106. The molecular weight excluding hydrogens is 470 g/mol. The molecule has 2 atom stereocenters. The Hall–Kier alpha value is -2.68. The van der Waals surface area contributed by atoms with E-state index >= 15 is 0 Å². The normalized spacial score (nSPS) is 20.9. The van der Waals surface area contributed by atoms with Crippen LogP contribution in [0.15, 0.2) is 36.4 Å². The molecule has 35 heavy (non-hydrogen) atoms. The first kappa shape index (κ1) is 25.4. The summed E-state index contributed by atoms with van der Waals surface area (Å²) >= 11 is 6.01. The molecule has 2 aromatic rings. The van der Waals surface area contributed by atoms with Gasteiger partial charge in [0.25, 0.3) is 0 Å². The van der Waals surface area contributed by atoms with Gasteiger partial charge >= 0.3 is 6.03 Å². The van der Waals surface area contributed by atoms with Gasteiger partial charge in [-0.05, 0) is 56.0 Å². The molecule has 2 heterocycles. The number of carbonyl (C=O) groups excluding carboxylic acids is 1. The van der Waals surface area contributed by atoms with Crippen molar-refractivity contribution in [3.63, 3.8) is 0 Å². The summed E-state index contributed by atoms with van der Waals surface area (Å²) in [5, 5.41) is 6.75. The van der Waals surface area contributed by atoms with Crippen LogP contribution in [0.1, 0.15) is 18.4 Å². The van der Waals surface area contributed by atoms with E-state index in [1.165, 1.54) is 5.56 Å². The first-order valence-corrected chi connectivity index (χ1v) is 12.3. The Morgan fingerprint density at radius 2 is 1.69 bits per heavy atom. The second-order valence-electron chi connectivity index (χ2n) is 9.03. The number of rotatable bonds is 8. The zero-order valence-corrected chi connectivity index (χ0v) is 21.3. The maximum absolute atomic E-state index is 12.8. The smallest absolute Gasteiger partial charge is 0.319 e. The second-order valence-corrected chi connectivity index (χ2v) is 9.47. The van der Waals surface area contributed by atoms with E-state index in [0.717, 1.165) is 37.4 Å². The minimum absolute atomic E-state index is 0.0788. The lowest BCUT2D eigenvalue weighted by Crippen LogP contribution is -2.54. The lowest BCUT2D eigenvalue weighted by Gasteiger charge is -2.37. The molecule has 0 saturated carbocycles. The van der Waals surface area contributed by atoms with Crippen molar-refractivity contribution in [3.05, 3.63) is 47.0 Å². The van der Waals surface area contributed by atoms with Crippen molar-refractivity contribution in [2.24, 2.45) is 5.92 Å². The molecule has 2 fully saturated rings. The fraction of sp³-hybridized carbons (Fsp3) is 0.500. The van der Waals surface area contributed by atoms with E-state index in [0.29, 0.717) is 42.1 Å². The standard InChI is InChI=1S/C26H34ClN3O5/c1-32-23-13-20(14-24(33-2)25(23)34-3)28-26(31)29-21-15-35-16-22(21)30-10-8-18(9-11-30)12-17-4-6-19(27)7-5-17/h4-7,13-14,18,21-22H,8-12,15-16H2,1-3H3,(H2,28,29,31). The Bertz CT molecular complexity index is 970. The molecule has 0 aliphatic carbocycles. The summed E-state index contributed by atoms with van der Waals surface area (Å²) in [7, 11) is 4.63. The highest BCUT2D eigenvalue weighted by Gasteiger charge is 2.36. The van der Waals surface area contributed by atoms with Crippen LogP contribution in [0.3, 0.4) is 0 Å². The van der Waals surface area contributed by atoms with Crippen LogP contribution < -0.4 is 24.8 Å². The Kier molecular flexibility index (Phi) is 8.59. The number of benzene rings is 2. The maximum Gasteiger partial charge on any atom is 0.319 e. The molecule has 2 aliphatic rings. The van der Waals surface area contributed by atoms with E-state index in [1.54, 1.807) is 33.5 Å².